The number of phosphoric ester groups is 1. The molecule has 0 atom stereocenters. The maximum Gasteiger partial charge on any atom is 0.550 e. The number of nitrogens with zero attached hydrogens (tertiary/aromatic N) is 1. The molecule has 6 heteroatoms. The Hall–Kier alpha value is -0.640. The summed E-state index contributed by atoms with van der Waals surface area (Å²) in [5.41, 5.74) is 0.722. The molecule has 0 spiro atoms. The Labute approximate surface area is 97.1 Å². The fourth-order valence-electron chi connectivity index (χ4n) is 0.877. The quantitative estimate of drug-likeness (QED) is 0.271. The molecule has 0 amide bonds. The van der Waals surface area contributed by atoms with Crippen molar-refractivity contribution in [1.82, 2.24) is 0 Å². The highest BCUT2D eigenvalue weighted by Gasteiger charge is 2.26. The lowest BCUT2D eigenvalue weighted by atomic mass is 10.2. The van der Waals surface area contributed by atoms with E-state index in [0.29, 0.717) is 6.42 Å². The Morgan fingerprint density at radius 2 is 1.94 bits per heavy atom. The third kappa shape index (κ3) is 6.77. The molecule has 0 radical (unpaired) electrons. The summed E-state index contributed by atoms with van der Waals surface area (Å²) in [5.74, 6) is 0. The van der Waals surface area contributed by atoms with E-state index in [9.17, 15) is 4.57 Å². The van der Waals surface area contributed by atoms with Crippen molar-refractivity contribution in [3.63, 3.8) is 0 Å². The van der Waals surface area contributed by atoms with Crippen LogP contribution in [0.3, 0.4) is 0 Å². The summed E-state index contributed by atoms with van der Waals surface area (Å²) in [4.78, 5) is 0. The van der Waals surface area contributed by atoms with Crippen molar-refractivity contribution in [2.24, 2.45) is 5.16 Å². The molecule has 16 heavy (non-hydrogen) atoms. The average Bonchev–Trinajstić information content (AvgIpc) is 2.24. The van der Waals surface area contributed by atoms with E-state index >= 15 is 0 Å². The summed E-state index contributed by atoms with van der Waals surface area (Å²) in [6.45, 7) is 9.30. The first-order chi connectivity index (χ1) is 7.58. The molecule has 0 rings (SSSR count). The van der Waals surface area contributed by atoms with Crippen LogP contribution in [0.25, 0.3) is 0 Å². The highest BCUT2D eigenvalue weighted by atomic mass is 31.2. The standard InChI is InChI=1S/C10H20NO4P/c1-5-8-9-10(4)11-15-16(12,13-6-2)14-7-3/h5H,1,6-9H2,2-4H3. The van der Waals surface area contributed by atoms with Crippen molar-refractivity contribution in [2.45, 2.75) is 33.6 Å². The minimum Gasteiger partial charge on any atom is -0.292 e. The molecule has 94 valence electrons. The van der Waals surface area contributed by atoms with Gasteiger partial charge in [0.05, 0.1) is 18.9 Å². The normalized spacial score (nSPS) is 12.6. The molecule has 0 aliphatic carbocycles. The third-order valence-corrected chi connectivity index (χ3v) is 3.01. The molecule has 0 fully saturated rings. The highest BCUT2D eigenvalue weighted by Crippen LogP contribution is 2.49. The van der Waals surface area contributed by atoms with Gasteiger partial charge in [-0.05, 0) is 33.6 Å². The van der Waals surface area contributed by atoms with Crippen LogP contribution in [0, 0.1) is 0 Å². The zero-order chi connectivity index (χ0) is 12.4. The van der Waals surface area contributed by atoms with Crippen molar-refractivity contribution < 1.29 is 18.2 Å². The van der Waals surface area contributed by atoms with Gasteiger partial charge < -0.3 is 0 Å². The first-order valence-corrected chi connectivity index (χ1v) is 6.76. The second-order valence-electron chi connectivity index (χ2n) is 3.02. The smallest absolute Gasteiger partial charge is 0.292 e. The van der Waals surface area contributed by atoms with Gasteiger partial charge in [-0.2, -0.15) is 0 Å². The molecular formula is C10H20NO4P. The van der Waals surface area contributed by atoms with Crippen LogP contribution in [-0.4, -0.2) is 18.9 Å². The van der Waals surface area contributed by atoms with Gasteiger partial charge in [0, 0.05) is 0 Å². The summed E-state index contributed by atoms with van der Waals surface area (Å²) in [7, 11) is -3.52. The second-order valence-corrected chi connectivity index (χ2v) is 4.59. The van der Waals surface area contributed by atoms with Crippen molar-refractivity contribution >= 4 is 13.5 Å². The predicted octanol–water partition coefficient (Wildman–Crippen LogP) is 3.53. The van der Waals surface area contributed by atoms with E-state index in [1.807, 2.05) is 0 Å². The van der Waals surface area contributed by atoms with Crippen molar-refractivity contribution in [3.05, 3.63) is 12.7 Å². The second kappa shape index (κ2) is 8.50. The Morgan fingerprint density at radius 3 is 2.38 bits per heavy atom. The number of hydrogen-bond acceptors (Lipinski definition) is 5. The van der Waals surface area contributed by atoms with Crippen LogP contribution >= 0.6 is 7.82 Å². The fraction of sp³-hybridized carbons (Fsp3) is 0.700. The van der Waals surface area contributed by atoms with Gasteiger partial charge in [-0.15, -0.1) is 6.58 Å². The minimum absolute atomic E-state index is 0.249. The maximum atomic E-state index is 11.8. The van der Waals surface area contributed by atoms with Crippen LogP contribution in [-0.2, 0) is 18.2 Å². The van der Waals surface area contributed by atoms with Gasteiger partial charge in [0.15, 0.2) is 0 Å². The van der Waals surface area contributed by atoms with Gasteiger partial charge in [0.1, 0.15) is 0 Å². The Kier molecular flexibility index (Phi) is 8.16. The zero-order valence-corrected chi connectivity index (χ0v) is 11.0. The number of phosphoric acid groups is 1. The Bertz CT molecular complexity index is 268. The number of allylic oxidation sites excluding steroid dienone is 1. The van der Waals surface area contributed by atoms with Crippen molar-refractivity contribution in [3.8, 4) is 0 Å². The summed E-state index contributed by atoms with van der Waals surface area (Å²) >= 11 is 0. The lowest BCUT2D eigenvalue weighted by Gasteiger charge is -2.13. The van der Waals surface area contributed by atoms with E-state index < -0.39 is 7.82 Å². The van der Waals surface area contributed by atoms with Crippen LogP contribution in [0.1, 0.15) is 33.6 Å². The van der Waals surface area contributed by atoms with Gasteiger partial charge in [-0.3, -0.25) is 13.7 Å². The largest absolute Gasteiger partial charge is 0.550 e. The fourth-order valence-corrected chi connectivity index (χ4v) is 1.92. The molecule has 0 saturated heterocycles. The van der Waals surface area contributed by atoms with E-state index in [0.717, 1.165) is 12.1 Å². The Balaban J connectivity index is 4.29. The van der Waals surface area contributed by atoms with Crippen LogP contribution in [0.15, 0.2) is 17.8 Å². The molecule has 0 aromatic heterocycles. The summed E-state index contributed by atoms with van der Waals surface area (Å²) in [6.07, 6.45) is 3.29. The first kappa shape index (κ1) is 15.4. The van der Waals surface area contributed by atoms with Crippen molar-refractivity contribution in [2.75, 3.05) is 13.2 Å². The molecule has 5 nitrogen and oxygen atoms in total. The summed E-state index contributed by atoms with van der Waals surface area (Å²) in [5, 5.41) is 3.73. The van der Waals surface area contributed by atoms with Crippen molar-refractivity contribution in [1.29, 1.82) is 0 Å². The molecule has 0 unspecified atom stereocenters. The summed E-state index contributed by atoms with van der Waals surface area (Å²) in [6, 6.07) is 0. The van der Waals surface area contributed by atoms with Gasteiger partial charge in [0.25, 0.3) is 0 Å². The van der Waals surface area contributed by atoms with E-state index in [1.165, 1.54) is 0 Å². The predicted molar refractivity (Wildman–Crippen MR) is 64.5 cm³/mol. The van der Waals surface area contributed by atoms with E-state index in [4.69, 9.17) is 13.7 Å². The maximum absolute atomic E-state index is 11.8. The molecule has 0 heterocycles. The Morgan fingerprint density at radius 1 is 1.38 bits per heavy atom. The molecule has 0 aliphatic heterocycles. The van der Waals surface area contributed by atoms with Crippen LogP contribution in [0.5, 0.6) is 0 Å². The van der Waals surface area contributed by atoms with Crippen LogP contribution in [0.2, 0.25) is 0 Å². The molecule has 0 aliphatic rings. The monoisotopic (exact) mass is 249 g/mol. The number of rotatable bonds is 9. The molecule has 0 N–H and O–H groups in total. The van der Waals surface area contributed by atoms with Crippen LogP contribution in [0.4, 0.5) is 0 Å². The molecule has 0 aromatic rings. The van der Waals surface area contributed by atoms with Gasteiger partial charge >= 0.3 is 7.82 Å². The van der Waals surface area contributed by atoms with Crippen LogP contribution < -0.4 is 0 Å². The molecular weight excluding hydrogens is 229 g/mol. The zero-order valence-electron chi connectivity index (χ0n) is 10.1. The lowest BCUT2D eigenvalue weighted by Crippen LogP contribution is -1.99. The van der Waals surface area contributed by atoms with E-state index in [1.54, 1.807) is 26.8 Å². The molecule has 0 saturated carbocycles. The topological polar surface area (TPSA) is 57.1 Å². The van der Waals surface area contributed by atoms with E-state index in [2.05, 4.69) is 11.7 Å². The molecule has 0 bridgehead atoms. The number of oxime groups is 1. The SMILES string of the molecule is C=CCCC(C)=NOP(=O)(OCC)OCC. The van der Waals surface area contributed by atoms with Gasteiger partial charge in [0.2, 0.25) is 0 Å². The number of hydrogen-bond donors (Lipinski definition) is 0. The minimum atomic E-state index is -3.52. The summed E-state index contributed by atoms with van der Waals surface area (Å²) < 4.78 is 26.4. The highest BCUT2D eigenvalue weighted by molar-refractivity contribution is 7.48. The first-order valence-electron chi connectivity index (χ1n) is 5.30. The lowest BCUT2D eigenvalue weighted by molar-refractivity contribution is 0.124. The van der Waals surface area contributed by atoms with Gasteiger partial charge in [-0.25, -0.2) is 4.57 Å². The third-order valence-electron chi connectivity index (χ3n) is 1.58. The van der Waals surface area contributed by atoms with E-state index in [-0.39, 0.29) is 13.2 Å². The average molecular weight is 249 g/mol. The van der Waals surface area contributed by atoms with Gasteiger partial charge in [-0.1, -0.05) is 11.2 Å². The molecule has 0 aromatic carbocycles.